The van der Waals surface area contributed by atoms with Gasteiger partial charge in [0.05, 0.1) is 33.0 Å². The van der Waals surface area contributed by atoms with E-state index >= 15 is 0 Å². The number of methoxy groups -OCH3 is 1. The Labute approximate surface area is 160 Å². The number of fused-ring (bicyclic) bond motifs is 1. The molecule has 1 aromatic heterocycles. The number of nitrogens with zero attached hydrogens (tertiary/aromatic N) is 2. The predicted octanol–water partition coefficient (Wildman–Crippen LogP) is 3.01. The number of hydrogen-bond donors (Lipinski definition) is 1. The zero-order valence-electron chi connectivity index (χ0n) is 14.0. The molecule has 1 N–H and O–H groups in total. The van der Waals surface area contributed by atoms with E-state index in [1.165, 1.54) is 24.1 Å². The van der Waals surface area contributed by atoms with E-state index in [4.69, 9.17) is 27.9 Å². The van der Waals surface area contributed by atoms with Crippen molar-refractivity contribution in [3.8, 4) is 5.88 Å². The minimum atomic E-state index is -3.63. The molecule has 26 heavy (non-hydrogen) atoms. The molecule has 0 saturated carbocycles. The van der Waals surface area contributed by atoms with Crippen molar-refractivity contribution in [3.63, 3.8) is 0 Å². The number of halogens is 2. The van der Waals surface area contributed by atoms with Gasteiger partial charge in [0.2, 0.25) is 11.7 Å². The van der Waals surface area contributed by atoms with E-state index in [1.807, 2.05) is 0 Å². The van der Waals surface area contributed by atoms with E-state index in [0.717, 1.165) is 0 Å². The molecule has 2 aromatic rings. The Kier molecular flexibility index (Phi) is 5.04. The normalized spacial score (nSPS) is 18.5. The lowest BCUT2D eigenvalue weighted by atomic mass is 9.98. The highest BCUT2D eigenvalue weighted by Gasteiger charge is 2.37. The van der Waals surface area contributed by atoms with Gasteiger partial charge in [0.1, 0.15) is 5.56 Å². The molecule has 0 spiro atoms. The molecule has 0 aliphatic carbocycles. The van der Waals surface area contributed by atoms with Crippen molar-refractivity contribution >= 4 is 38.8 Å². The number of aromatic hydroxyl groups is 1. The van der Waals surface area contributed by atoms with Gasteiger partial charge in [-0.25, -0.2) is 13.1 Å². The van der Waals surface area contributed by atoms with Crippen LogP contribution in [0, 0.1) is 0 Å². The van der Waals surface area contributed by atoms with Crippen LogP contribution in [0.1, 0.15) is 40.9 Å². The molecule has 1 aliphatic rings. The highest BCUT2D eigenvalue weighted by molar-refractivity contribution is 7.91. The average molecular weight is 419 g/mol. The zero-order valence-corrected chi connectivity index (χ0v) is 16.3. The molecule has 3 rings (SSSR count). The van der Waals surface area contributed by atoms with Crippen LogP contribution in [0.2, 0.25) is 10.0 Å². The summed E-state index contributed by atoms with van der Waals surface area (Å²) in [5.74, 6) is -1.01. The first-order valence-electron chi connectivity index (χ1n) is 7.79. The monoisotopic (exact) mass is 418 g/mol. The quantitative estimate of drug-likeness (QED) is 0.766. The van der Waals surface area contributed by atoms with E-state index in [-0.39, 0.29) is 49.7 Å². The molecule has 1 atom stereocenters. The predicted molar refractivity (Wildman–Crippen MR) is 95.9 cm³/mol. The lowest BCUT2D eigenvalue weighted by molar-refractivity contribution is 0.0959. The number of sulfone groups is 1. The van der Waals surface area contributed by atoms with E-state index in [9.17, 15) is 18.3 Å². The molecule has 2 heterocycles. The number of ketones is 1. The van der Waals surface area contributed by atoms with E-state index in [0.29, 0.717) is 6.54 Å². The lowest BCUT2D eigenvalue weighted by Gasteiger charge is -2.27. The summed E-state index contributed by atoms with van der Waals surface area (Å²) in [4.78, 5) is 12.8. The zero-order chi connectivity index (χ0) is 19.2. The van der Waals surface area contributed by atoms with Gasteiger partial charge in [-0.3, -0.25) is 4.79 Å². The standard InChI is InChI=1S/C16H16Cl2N2O5S/c1-3-20-16(22)9(7-19-20)14(21)8-6-10(17)15-12(13(8)18)11(25-2)4-5-26(15,23)24/h6-7,11,22H,3-5H2,1-2H3. The van der Waals surface area contributed by atoms with Gasteiger partial charge in [-0.05, 0) is 19.4 Å². The van der Waals surface area contributed by atoms with Crippen molar-refractivity contribution in [3.05, 3.63) is 39.0 Å². The number of benzene rings is 1. The van der Waals surface area contributed by atoms with Crippen LogP contribution in [0.3, 0.4) is 0 Å². The largest absolute Gasteiger partial charge is 0.493 e. The third-order valence-corrected chi connectivity index (χ3v) is 7.02. The molecule has 0 radical (unpaired) electrons. The number of rotatable bonds is 4. The van der Waals surface area contributed by atoms with E-state index < -0.39 is 21.7 Å². The second-order valence-electron chi connectivity index (χ2n) is 5.82. The molecule has 1 aliphatic heterocycles. The average Bonchev–Trinajstić information content (AvgIpc) is 2.97. The molecule has 1 aromatic carbocycles. The number of ether oxygens (including phenoxy) is 1. The topological polar surface area (TPSA) is 98.5 Å². The van der Waals surface area contributed by atoms with Gasteiger partial charge >= 0.3 is 0 Å². The van der Waals surface area contributed by atoms with Crippen molar-refractivity contribution in [1.29, 1.82) is 0 Å². The van der Waals surface area contributed by atoms with Gasteiger partial charge in [-0.15, -0.1) is 0 Å². The summed E-state index contributed by atoms with van der Waals surface area (Å²) < 4.78 is 31.4. The molecular formula is C16H16Cl2N2O5S. The highest BCUT2D eigenvalue weighted by atomic mass is 35.5. The fraction of sp³-hybridized carbons (Fsp3) is 0.375. The minimum Gasteiger partial charge on any atom is -0.493 e. The molecule has 0 fully saturated rings. The second kappa shape index (κ2) is 6.84. The Morgan fingerprint density at radius 3 is 2.69 bits per heavy atom. The van der Waals surface area contributed by atoms with Gasteiger partial charge in [0, 0.05) is 24.8 Å². The Balaban J connectivity index is 2.23. The van der Waals surface area contributed by atoms with Crippen molar-refractivity contribution < 1.29 is 23.1 Å². The van der Waals surface area contributed by atoms with Crippen molar-refractivity contribution in [2.45, 2.75) is 30.9 Å². The molecule has 140 valence electrons. The first kappa shape index (κ1) is 19.2. The Bertz CT molecular complexity index is 1000. The fourth-order valence-corrected chi connectivity index (χ4v) is 5.69. The number of aryl methyl sites for hydroxylation is 1. The molecule has 7 nitrogen and oxygen atoms in total. The van der Waals surface area contributed by atoms with Crippen LogP contribution < -0.4 is 0 Å². The van der Waals surface area contributed by atoms with Gasteiger partial charge in [-0.2, -0.15) is 5.10 Å². The maximum atomic E-state index is 12.9. The van der Waals surface area contributed by atoms with Crippen LogP contribution in [-0.4, -0.2) is 42.0 Å². The third kappa shape index (κ3) is 2.90. The Hall–Kier alpha value is -1.61. The van der Waals surface area contributed by atoms with Gasteiger partial charge < -0.3 is 9.84 Å². The van der Waals surface area contributed by atoms with Crippen molar-refractivity contribution in [1.82, 2.24) is 9.78 Å². The van der Waals surface area contributed by atoms with Crippen LogP contribution in [0.15, 0.2) is 17.2 Å². The summed E-state index contributed by atoms with van der Waals surface area (Å²) in [6, 6.07) is 1.21. The van der Waals surface area contributed by atoms with E-state index in [1.54, 1.807) is 6.92 Å². The summed E-state index contributed by atoms with van der Waals surface area (Å²) in [5.41, 5.74) is 0.122. The van der Waals surface area contributed by atoms with Crippen LogP contribution >= 0.6 is 23.2 Å². The first-order chi connectivity index (χ1) is 12.2. The van der Waals surface area contributed by atoms with Crippen molar-refractivity contribution in [2.75, 3.05) is 12.9 Å². The summed E-state index contributed by atoms with van der Waals surface area (Å²) >= 11 is 12.6. The third-order valence-electron chi connectivity index (χ3n) is 4.37. The van der Waals surface area contributed by atoms with Gasteiger partial charge in [-0.1, -0.05) is 23.2 Å². The molecule has 0 amide bonds. The summed E-state index contributed by atoms with van der Waals surface area (Å²) in [5, 5.41) is 13.9. The van der Waals surface area contributed by atoms with Crippen LogP contribution in [-0.2, 0) is 21.1 Å². The molecular weight excluding hydrogens is 403 g/mol. The van der Waals surface area contributed by atoms with Crippen LogP contribution in [0.4, 0.5) is 0 Å². The SMILES string of the molecule is CCn1ncc(C(=O)c2cc(Cl)c3c(c2Cl)C(OC)CCS3(=O)=O)c1O. The lowest BCUT2D eigenvalue weighted by Crippen LogP contribution is -2.23. The van der Waals surface area contributed by atoms with Crippen molar-refractivity contribution in [2.24, 2.45) is 0 Å². The number of hydrogen-bond acceptors (Lipinski definition) is 6. The minimum absolute atomic E-state index is 0.0134. The van der Waals surface area contributed by atoms with Gasteiger partial charge in [0.25, 0.3) is 0 Å². The summed E-state index contributed by atoms with van der Waals surface area (Å²) in [6.07, 6.45) is 0.840. The number of carbonyl (C=O) groups is 1. The molecule has 0 saturated heterocycles. The summed E-state index contributed by atoms with van der Waals surface area (Å²) in [7, 11) is -2.19. The molecule has 1 unspecified atom stereocenters. The molecule has 10 heteroatoms. The number of aromatic nitrogens is 2. The Morgan fingerprint density at radius 1 is 1.42 bits per heavy atom. The van der Waals surface area contributed by atoms with Gasteiger partial charge in [0.15, 0.2) is 9.84 Å². The Morgan fingerprint density at radius 2 is 2.12 bits per heavy atom. The number of carbonyl (C=O) groups excluding carboxylic acids is 1. The highest BCUT2D eigenvalue weighted by Crippen LogP contribution is 2.44. The van der Waals surface area contributed by atoms with Crippen LogP contribution in [0.25, 0.3) is 0 Å². The maximum absolute atomic E-state index is 12.9. The summed E-state index contributed by atoms with van der Waals surface area (Å²) in [6.45, 7) is 2.14. The fourth-order valence-electron chi connectivity index (χ4n) is 3.06. The van der Waals surface area contributed by atoms with E-state index in [2.05, 4.69) is 5.10 Å². The second-order valence-corrected chi connectivity index (χ2v) is 8.65. The smallest absolute Gasteiger partial charge is 0.220 e. The first-order valence-corrected chi connectivity index (χ1v) is 10.2. The van der Waals surface area contributed by atoms with Crippen LogP contribution in [0.5, 0.6) is 5.88 Å². The maximum Gasteiger partial charge on any atom is 0.220 e. The molecule has 0 bridgehead atoms.